The summed E-state index contributed by atoms with van der Waals surface area (Å²) in [5.41, 5.74) is 9.74. The Morgan fingerprint density at radius 1 is 1.42 bits per heavy atom. The molecule has 2 aromatic rings. The number of nitrogens with two attached hydrogens (primary N) is 1. The average Bonchev–Trinajstić information content (AvgIpc) is 3.15. The number of hydrogen-bond donors (Lipinski definition) is 1. The highest BCUT2D eigenvalue weighted by Gasteiger charge is 2.28. The van der Waals surface area contributed by atoms with E-state index >= 15 is 0 Å². The summed E-state index contributed by atoms with van der Waals surface area (Å²) in [5, 5.41) is 4.26. The molecule has 1 aliphatic rings. The summed E-state index contributed by atoms with van der Waals surface area (Å²) in [5.74, 6) is -0.260. The van der Waals surface area contributed by atoms with Crippen molar-refractivity contribution in [2.45, 2.75) is 45.2 Å². The second kappa shape index (κ2) is 7.13. The first-order chi connectivity index (χ1) is 11.5. The van der Waals surface area contributed by atoms with Gasteiger partial charge in [0.15, 0.2) is 0 Å². The van der Waals surface area contributed by atoms with E-state index in [1.54, 1.807) is 0 Å². The van der Waals surface area contributed by atoms with Crippen molar-refractivity contribution in [3.8, 4) is 0 Å². The number of amides is 1. The largest absolute Gasteiger partial charge is 0.370 e. The molecular weight excluding hydrogens is 302 g/mol. The smallest absolute Gasteiger partial charge is 0.217 e. The summed E-state index contributed by atoms with van der Waals surface area (Å²) < 4.78 is 1.93. The molecule has 24 heavy (non-hydrogen) atoms. The molecule has 1 fully saturated rings. The van der Waals surface area contributed by atoms with Crippen LogP contribution in [-0.4, -0.2) is 32.1 Å². The zero-order valence-corrected chi connectivity index (χ0v) is 14.4. The van der Waals surface area contributed by atoms with Crippen molar-refractivity contribution in [2.24, 2.45) is 12.8 Å². The number of primary amides is 1. The first-order valence-electron chi connectivity index (χ1n) is 8.49. The molecule has 0 spiro atoms. The molecule has 3 rings (SSSR count). The van der Waals surface area contributed by atoms with Crippen LogP contribution in [0.5, 0.6) is 0 Å². The van der Waals surface area contributed by atoms with Crippen LogP contribution in [0.2, 0.25) is 0 Å². The van der Waals surface area contributed by atoms with E-state index in [4.69, 9.17) is 10.7 Å². The van der Waals surface area contributed by atoms with E-state index in [0.29, 0.717) is 18.9 Å². The van der Waals surface area contributed by atoms with Crippen LogP contribution in [0.1, 0.15) is 47.9 Å². The van der Waals surface area contributed by atoms with Gasteiger partial charge >= 0.3 is 0 Å². The summed E-state index contributed by atoms with van der Waals surface area (Å²) in [6, 6.07) is 6.58. The third-order valence-electron chi connectivity index (χ3n) is 4.69. The number of carbonyl (C=O) groups excluding carboxylic acids is 1. The van der Waals surface area contributed by atoms with Crippen molar-refractivity contribution >= 4 is 5.91 Å². The number of carbonyl (C=O) groups is 1. The van der Waals surface area contributed by atoms with Crippen molar-refractivity contribution in [1.82, 2.24) is 19.7 Å². The standard InChI is InChI=1S/C18H25N5O/c1-13-10-14(5-6-18(19)24)11-16(21-13)17-4-3-9-23(17)12-15-7-8-20-22(15)2/h7-8,10-11,17H,3-6,9,12H2,1-2H3,(H2,19,24)/t17-/m0/s1. The van der Waals surface area contributed by atoms with Gasteiger partial charge in [0.2, 0.25) is 5.91 Å². The van der Waals surface area contributed by atoms with Crippen molar-refractivity contribution < 1.29 is 4.79 Å². The fourth-order valence-electron chi connectivity index (χ4n) is 3.47. The van der Waals surface area contributed by atoms with E-state index in [1.165, 1.54) is 12.1 Å². The van der Waals surface area contributed by atoms with Gasteiger partial charge in [-0.3, -0.25) is 19.4 Å². The first-order valence-corrected chi connectivity index (χ1v) is 8.49. The molecule has 1 amide bonds. The molecule has 3 heterocycles. The first kappa shape index (κ1) is 16.6. The van der Waals surface area contributed by atoms with E-state index in [-0.39, 0.29) is 5.91 Å². The Kier molecular flexibility index (Phi) is 4.94. The van der Waals surface area contributed by atoms with Gasteiger partial charge in [0, 0.05) is 31.9 Å². The number of nitrogens with zero attached hydrogens (tertiary/aromatic N) is 4. The second-order valence-electron chi connectivity index (χ2n) is 6.58. The Bertz CT molecular complexity index is 724. The lowest BCUT2D eigenvalue weighted by Crippen LogP contribution is -2.25. The van der Waals surface area contributed by atoms with E-state index in [1.807, 2.05) is 30.9 Å². The van der Waals surface area contributed by atoms with Crippen LogP contribution in [-0.2, 0) is 24.8 Å². The molecule has 0 aliphatic carbocycles. The number of aryl methyl sites for hydroxylation is 3. The van der Waals surface area contributed by atoms with Crippen molar-refractivity contribution in [3.63, 3.8) is 0 Å². The molecule has 2 aromatic heterocycles. The average molecular weight is 327 g/mol. The lowest BCUT2D eigenvalue weighted by Gasteiger charge is -2.24. The van der Waals surface area contributed by atoms with Crippen LogP contribution in [0.3, 0.4) is 0 Å². The van der Waals surface area contributed by atoms with Gasteiger partial charge in [0.05, 0.1) is 17.4 Å². The van der Waals surface area contributed by atoms with Gasteiger partial charge in [0.1, 0.15) is 0 Å². The number of rotatable bonds is 6. The van der Waals surface area contributed by atoms with Crippen LogP contribution in [0.25, 0.3) is 0 Å². The summed E-state index contributed by atoms with van der Waals surface area (Å²) >= 11 is 0. The fraction of sp³-hybridized carbons (Fsp3) is 0.500. The van der Waals surface area contributed by atoms with Crippen LogP contribution in [0.15, 0.2) is 24.4 Å². The Hall–Kier alpha value is -2.21. The molecule has 0 aromatic carbocycles. The van der Waals surface area contributed by atoms with Gasteiger partial charge in [0.25, 0.3) is 0 Å². The van der Waals surface area contributed by atoms with Crippen LogP contribution in [0, 0.1) is 6.92 Å². The SMILES string of the molecule is Cc1cc(CCC(N)=O)cc([C@@H]2CCCN2Cc2ccnn2C)n1. The van der Waals surface area contributed by atoms with E-state index in [0.717, 1.165) is 36.5 Å². The maximum atomic E-state index is 11.1. The molecule has 2 N–H and O–H groups in total. The third-order valence-corrected chi connectivity index (χ3v) is 4.69. The van der Waals surface area contributed by atoms with Crippen molar-refractivity contribution in [1.29, 1.82) is 0 Å². The van der Waals surface area contributed by atoms with E-state index in [9.17, 15) is 4.79 Å². The topological polar surface area (TPSA) is 77.0 Å². The maximum absolute atomic E-state index is 11.1. The normalized spacial score (nSPS) is 18.2. The molecule has 6 nitrogen and oxygen atoms in total. The van der Waals surface area contributed by atoms with Crippen LogP contribution in [0.4, 0.5) is 0 Å². The highest BCUT2D eigenvalue weighted by atomic mass is 16.1. The Balaban J connectivity index is 1.78. The van der Waals surface area contributed by atoms with E-state index in [2.05, 4.69) is 22.1 Å². The maximum Gasteiger partial charge on any atom is 0.217 e. The molecule has 0 saturated carbocycles. The Labute approximate surface area is 142 Å². The van der Waals surface area contributed by atoms with Gasteiger partial charge in [-0.1, -0.05) is 0 Å². The lowest BCUT2D eigenvalue weighted by atomic mass is 10.0. The number of likely N-dealkylation sites (tertiary alicyclic amines) is 1. The molecule has 6 heteroatoms. The molecule has 0 bridgehead atoms. The number of pyridine rings is 1. The van der Waals surface area contributed by atoms with Gasteiger partial charge < -0.3 is 5.73 Å². The quantitative estimate of drug-likeness (QED) is 0.879. The monoisotopic (exact) mass is 327 g/mol. The highest BCUT2D eigenvalue weighted by molar-refractivity contribution is 5.74. The molecule has 1 atom stereocenters. The van der Waals surface area contributed by atoms with Gasteiger partial charge in [-0.15, -0.1) is 0 Å². The summed E-state index contributed by atoms with van der Waals surface area (Å²) in [6.07, 6.45) is 5.19. The van der Waals surface area contributed by atoms with Crippen molar-refractivity contribution in [2.75, 3.05) is 6.54 Å². The van der Waals surface area contributed by atoms with Crippen LogP contribution < -0.4 is 5.73 Å². The van der Waals surface area contributed by atoms with Gasteiger partial charge in [-0.05, 0) is 56.5 Å². The number of aromatic nitrogens is 3. The minimum atomic E-state index is -0.260. The Morgan fingerprint density at radius 3 is 2.96 bits per heavy atom. The lowest BCUT2D eigenvalue weighted by molar-refractivity contribution is -0.117. The van der Waals surface area contributed by atoms with E-state index < -0.39 is 0 Å². The third kappa shape index (κ3) is 3.82. The number of hydrogen-bond acceptors (Lipinski definition) is 4. The van der Waals surface area contributed by atoms with Crippen molar-refractivity contribution in [3.05, 3.63) is 47.0 Å². The molecule has 1 saturated heterocycles. The highest BCUT2D eigenvalue weighted by Crippen LogP contribution is 2.32. The van der Waals surface area contributed by atoms with Gasteiger partial charge in [-0.25, -0.2) is 0 Å². The minimum absolute atomic E-state index is 0.260. The molecule has 1 aliphatic heterocycles. The molecule has 0 unspecified atom stereocenters. The second-order valence-corrected chi connectivity index (χ2v) is 6.58. The minimum Gasteiger partial charge on any atom is -0.370 e. The predicted molar refractivity (Wildman–Crippen MR) is 92.1 cm³/mol. The summed E-state index contributed by atoms with van der Waals surface area (Å²) in [4.78, 5) is 18.3. The Morgan fingerprint density at radius 2 is 2.25 bits per heavy atom. The molecule has 128 valence electrons. The molecular formula is C18H25N5O. The zero-order chi connectivity index (χ0) is 17.1. The predicted octanol–water partition coefficient (Wildman–Crippen LogP) is 1.88. The summed E-state index contributed by atoms with van der Waals surface area (Å²) in [7, 11) is 1.98. The van der Waals surface area contributed by atoms with Crippen LogP contribution >= 0.6 is 0 Å². The summed E-state index contributed by atoms with van der Waals surface area (Å²) in [6.45, 7) is 3.97. The fourth-order valence-corrected chi connectivity index (χ4v) is 3.47. The zero-order valence-electron chi connectivity index (χ0n) is 14.4. The molecule has 0 radical (unpaired) electrons. The van der Waals surface area contributed by atoms with Gasteiger partial charge in [-0.2, -0.15) is 5.10 Å².